The van der Waals surface area contributed by atoms with Crippen LogP contribution < -0.4 is 10.6 Å². The molecule has 0 atom stereocenters. The molecule has 0 spiro atoms. The zero-order chi connectivity index (χ0) is 15.1. The number of hydrogen-bond acceptors (Lipinski definition) is 4. The van der Waals surface area contributed by atoms with Crippen LogP contribution in [0.15, 0.2) is 12.1 Å². The van der Waals surface area contributed by atoms with E-state index in [1.165, 1.54) is 0 Å². The highest BCUT2D eigenvalue weighted by molar-refractivity contribution is 5.95. The minimum atomic E-state index is -0.0217. The number of hydrogen-bond donors (Lipinski definition) is 2. The van der Waals surface area contributed by atoms with Gasteiger partial charge in [0.05, 0.1) is 0 Å². The molecule has 0 radical (unpaired) electrons. The molecule has 1 fully saturated rings. The summed E-state index contributed by atoms with van der Waals surface area (Å²) in [6, 6.07) is 3.65. The van der Waals surface area contributed by atoms with Gasteiger partial charge in [0.15, 0.2) is 0 Å². The second kappa shape index (κ2) is 7.98. The van der Waals surface area contributed by atoms with Gasteiger partial charge in [0, 0.05) is 37.6 Å². The summed E-state index contributed by atoms with van der Waals surface area (Å²) in [4.78, 5) is 16.7. The van der Waals surface area contributed by atoms with Crippen molar-refractivity contribution in [3.8, 4) is 0 Å². The van der Waals surface area contributed by atoms with Crippen molar-refractivity contribution in [3.63, 3.8) is 0 Å². The van der Waals surface area contributed by atoms with E-state index in [0.29, 0.717) is 11.5 Å². The van der Waals surface area contributed by atoms with Crippen LogP contribution in [0, 0.1) is 12.8 Å². The minimum absolute atomic E-state index is 0.0217. The molecule has 0 saturated carbocycles. The zero-order valence-corrected chi connectivity index (χ0v) is 12.9. The van der Waals surface area contributed by atoms with Gasteiger partial charge in [0.2, 0.25) is 0 Å². The molecule has 0 aliphatic carbocycles. The first kappa shape index (κ1) is 15.8. The topological polar surface area (TPSA) is 63.2 Å². The fourth-order valence-corrected chi connectivity index (χ4v) is 2.43. The van der Waals surface area contributed by atoms with Gasteiger partial charge in [-0.05, 0) is 44.2 Å². The quantitative estimate of drug-likeness (QED) is 0.844. The number of amides is 1. The number of carbonyl (C=O) groups is 1. The van der Waals surface area contributed by atoms with Gasteiger partial charge in [-0.2, -0.15) is 0 Å². The average Bonchev–Trinajstić information content (AvgIpc) is 2.51. The Kier molecular flexibility index (Phi) is 5.99. The van der Waals surface area contributed by atoms with Crippen LogP contribution in [0.2, 0.25) is 0 Å². The molecule has 2 N–H and O–H groups in total. The Labute approximate surface area is 126 Å². The van der Waals surface area contributed by atoms with Crippen molar-refractivity contribution in [2.75, 3.05) is 31.6 Å². The molecule has 5 nitrogen and oxygen atoms in total. The minimum Gasteiger partial charge on any atom is -0.381 e. The first-order valence-electron chi connectivity index (χ1n) is 7.77. The molecular formula is C16H25N3O2. The molecule has 2 rings (SSSR count). The Morgan fingerprint density at radius 3 is 2.86 bits per heavy atom. The fourth-order valence-electron chi connectivity index (χ4n) is 2.43. The Bertz CT molecular complexity index is 471. The normalized spacial score (nSPS) is 15.7. The molecule has 0 bridgehead atoms. The van der Waals surface area contributed by atoms with Gasteiger partial charge < -0.3 is 15.4 Å². The molecule has 1 aromatic rings. The molecule has 116 valence electrons. The van der Waals surface area contributed by atoms with E-state index in [0.717, 1.165) is 57.1 Å². The molecule has 2 heterocycles. The maximum atomic E-state index is 12.3. The maximum Gasteiger partial charge on any atom is 0.251 e. The Hall–Kier alpha value is -1.62. The van der Waals surface area contributed by atoms with Crippen LogP contribution in [-0.2, 0) is 4.74 Å². The second-order valence-corrected chi connectivity index (χ2v) is 5.57. The van der Waals surface area contributed by atoms with E-state index in [1.807, 2.05) is 19.1 Å². The fraction of sp³-hybridized carbons (Fsp3) is 0.625. The van der Waals surface area contributed by atoms with Crippen LogP contribution in [0.4, 0.5) is 5.82 Å². The third-order valence-corrected chi connectivity index (χ3v) is 3.66. The van der Waals surface area contributed by atoms with Crippen LogP contribution in [0.5, 0.6) is 0 Å². The van der Waals surface area contributed by atoms with Gasteiger partial charge >= 0.3 is 0 Å². The van der Waals surface area contributed by atoms with E-state index in [4.69, 9.17) is 4.74 Å². The number of nitrogens with one attached hydrogen (secondary N) is 2. The number of carbonyl (C=O) groups excluding carboxylic acids is 1. The van der Waals surface area contributed by atoms with Gasteiger partial charge in [-0.1, -0.05) is 6.92 Å². The van der Waals surface area contributed by atoms with E-state index < -0.39 is 0 Å². The average molecular weight is 291 g/mol. The standard InChI is InChI=1S/C16H25N3O2/c1-3-6-17-15-10-14(9-12(2)19-15)16(20)18-11-13-4-7-21-8-5-13/h9-10,13H,3-8,11H2,1-2H3,(H,17,19)(H,18,20). The van der Waals surface area contributed by atoms with Crippen molar-refractivity contribution >= 4 is 11.7 Å². The van der Waals surface area contributed by atoms with Crippen LogP contribution in [0.25, 0.3) is 0 Å². The van der Waals surface area contributed by atoms with Gasteiger partial charge in [-0.3, -0.25) is 4.79 Å². The number of pyridine rings is 1. The van der Waals surface area contributed by atoms with Crippen LogP contribution >= 0.6 is 0 Å². The van der Waals surface area contributed by atoms with Crippen LogP contribution in [-0.4, -0.2) is 37.2 Å². The summed E-state index contributed by atoms with van der Waals surface area (Å²) in [6.07, 6.45) is 3.08. The third kappa shape index (κ3) is 5.01. The highest BCUT2D eigenvalue weighted by Crippen LogP contribution is 2.14. The lowest BCUT2D eigenvalue weighted by Gasteiger charge is -2.22. The van der Waals surface area contributed by atoms with Crippen LogP contribution in [0.1, 0.15) is 42.2 Å². The molecule has 1 aromatic heterocycles. The predicted molar refractivity (Wildman–Crippen MR) is 83.6 cm³/mol. The molecule has 0 aromatic carbocycles. The highest BCUT2D eigenvalue weighted by Gasteiger charge is 2.15. The van der Waals surface area contributed by atoms with E-state index in [-0.39, 0.29) is 5.91 Å². The Morgan fingerprint density at radius 2 is 2.14 bits per heavy atom. The summed E-state index contributed by atoms with van der Waals surface area (Å²) in [6.45, 7) is 7.21. The molecule has 0 unspecified atom stereocenters. The lowest BCUT2D eigenvalue weighted by Crippen LogP contribution is -2.32. The first-order chi connectivity index (χ1) is 10.2. The molecule has 1 amide bonds. The number of rotatable bonds is 6. The Morgan fingerprint density at radius 1 is 1.38 bits per heavy atom. The molecule has 21 heavy (non-hydrogen) atoms. The third-order valence-electron chi connectivity index (χ3n) is 3.66. The van der Waals surface area contributed by atoms with Crippen LogP contribution in [0.3, 0.4) is 0 Å². The molecule has 1 saturated heterocycles. The SMILES string of the molecule is CCCNc1cc(C(=O)NCC2CCOCC2)cc(C)n1. The van der Waals surface area contributed by atoms with Gasteiger partial charge in [-0.25, -0.2) is 4.98 Å². The summed E-state index contributed by atoms with van der Waals surface area (Å²) in [7, 11) is 0. The van der Waals surface area contributed by atoms with E-state index >= 15 is 0 Å². The van der Waals surface area contributed by atoms with E-state index in [9.17, 15) is 4.79 Å². The molecule has 5 heteroatoms. The molecule has 1 aliphatic rings. The number of aryl methyl sites for hydroxylation is 1. The van der Waals surface area contributed by atoms with Crippen molar-refractivity contribution in [3.05, 3.63) is 23.4 Å². The predicted octanol–water partition coefficient (Wildman–Crippen LogP) is 2.37. The number of anilines is 1. The molecular weight excluding hydrogens is 266 g/mol. The highest BCUT2D eigenvalue weighted by atomic mass is 16.5. The lowest BCUT2D eigenvalue weighted by atomic mass is 10.0. The van der Waals surface area contributed by atoms with Gasteiger partial charge in [0.1, 0.15) is 5.82 Å². The summed E-state index contributed by atoms with van der Waals surface area (Å²) in [5.74, 6) is 1.28. The number of nitrogens with zero attached hydrogens (tertiary/aromatic N) is 1. The zero-order valence-electron chi connectivity index (χ0n) is 12.9. The smallest absolute Gasteiger partial charge is 0.251 e. The largest absolute Gasteiger partial charge is 0.381 e. The van der Waals surface area contributed by atoms with Crippen molar-refractivity contribution in [1.29, 1.82) is 0 Å². The monoisotopic (exact) mass is 291 g/mol. The van der Waals surface area contributed by atoms with Crippen molar-refractivity contribution in [1.82, 2.24) is 10.3 Å². The first-order valence-corrected chi connectivity index (χ1v) is 7.77. The Balaban J connectivity index is 1.92. The lowest BCUT2D eigenvalue weighted by molar-refractivity contribution is 0.0642. The van der Waals surface area contributed by atoms with Gasteiger partial charge in [0.25, 0.3) is 5.91 Å². The summed E-state index contributed by atoms with van der Waals surface area (Å²) in [5.41, 5.74) is 1.53. The van der Waals surface area contributed by atoms with Crippen molar-refractivity contribution in [2.24, 2.45) is 5.92 Å². The number of ether oxygens (including phenoxy) is 1. The van der Waals surface area contributed by atoms with Crippen molar-refractivity contribution < 1.29 is 9.53 Å². The maximum absolute atomic E-state index is 12.3. The van der Waals surface area contributed by atoms with Crippen molar-refractivity contribution in [2.45, 2.75) is 33.1 Å². The summed E-state index contributed by atoms with van der Waals surface area (Å²) < 4.78 is 5.33. The number of aromatic nitrogens is 1. The summed E-state index contributed by atoms with van der Waals surface area (Å²) >= 11 is 0. The second-order valence-electron chi connectivity index (χ2n) is 5.57. The van der Waals surface area contributed by atoms with Gasteiger partial charge in [-0.15, -0.1) is 0 Å². The van der Waals surface area contributed by atoms with E-state index in [1.54, 1.807) is 0 Å². The molecule has 1 aliphatic heterocycles. The summed E-state index contributed by atoms with van der Waals surface area (Å²) in [5, 5.41) is 6.26. The van der Waals surface area contributed by atoms with E-state index in [2.05, 4.69) is 22.5 Å².